The van der Waals surface area contributed by atoms with Crippen LogP contribution in [0.3, 0.4) is 0 Å². The Kier molecular flexibility index (Phi) is 5.31. The van der Waals surface area contributed by atoms with Crippen molar-refractivity contribution in [2.75, 3.05) is 32.8 Å². The van der Waals surface area contributed by atoms with E-state index >= 15 is 0 Å². The Morgan fingerprint density at radius 1 is 1.25 bits per heavy atom. The number of nitrogens with zero attached hydrogens (tertiary/aromatic N) is 2. The molecule has 3 aliphatic rings. The van der Waals surface area contributed by atoms with Crippen LogP contribution in [0.5, 0.6) is 5.75 Å². The number of hydrogen-bond donors (Lipinski definition) is 2. The predicted octanol–water partition coefficient (Wildman–Crippen LogP) is 2.64. The number of carboxylic acid groups (broad SMARTS) is 1. The van der Waals surface area contributed by atoms with Crippen molar-refractivity contribution in [2.24, 2.45) is 10.8 Å². The lowest BCUT2D eigenvalue weighted by Gasteiger charge is -2.42. The van der Waals surface area contributed by atoms with Gasteiger partial charge in [0, 0.05) is 24.5 Å². The number of para-hydroxylation sites is 1. The van der Waals surface area contributed by atoms with E-state index in [1.165, 1.54) is 12.8 Å². The summed E-state index contributed by atoms with van der Waals surface area (Å²) in [5, 5.41) is 22.4. The van der Waals surface area contributed by atoms with Crippen LogP contribution < -0.4 is 10.1 Å². The second kappa shape index (κ2) is 7.73. The third-order valence-corrected chi connectivity index (χ3v) is 6.63. The molecule has 0 aromatic heterocycles. The van der Waals surface area contributed by atoms with Crippen molar-refractivity contribution in [2.45, 2.75) is 44.6 Å². The van der Waals surface area contributed by atoms with Crippen molar-refractivity contribution in [3.8, 4) is 11.8 Å². The molecule has 1 saturated heterocycles. The number of carbonyl (C=O) groups is 1. The number of rotatable bonds is 9. The molecule has 1 aromatic carbocycles. The van der Waals surface area contributed by atoms with Crippen molar-refractivity contribution in [1.82, 2.24) is 10.2 Å². The van der Waals surface area contributed by atoms with E-state index in [0.29, 0.717) is 30.5 Å². The molecule has 1 aliphatic heterocycles. The maximum Gasteiger partial charge on any atom is 0.310 e. The van der Waals surface area contributed by atoms with E-state index in [4.69, 9.17) is 4.74 Å². The number of carboxylic acids is 1. The molecule has 6 heteroatoms. The van der Waals surface area contributed by atoms with Gasteiger partial charge in [-0.05, 0) is 63.7 Å². The van der Waals surface area contributed by atoms with Crippen LogP contribution in [0.25, 0.3) is 0 Å². The van der Waals surface area contributed by atoms with E-state index in [-0.39, 0.29) is 5.41 Å². The average molecular weight is 383 g/mol. The highest BCUT2D eigenvalue weighted by atomic mass is 16.5. The number of piperidine rings is 1. The lowest BCUT2D eigenvalue weighted by molar-refractivity contribution is -0.144. The number of aliphatic carboxylic acids is 1. The molecular weight excluding hydrogens is 354 g/mol. The molecule has 0 unspecified atom stereocenters. The highest BCUT2D eigenvalue weighted by Crippen LogP contribution is 2.47. The molecule has 0 bridgehead atoms. The largest absolute Gasteiger partial charge is 0.492 e. The van der Waals surface area contributed by atoms with Crippen molar-refractivity contribution >= 4 is 5.97 Å². The number of benzene rings is 1. The summed E-state index contributed by atoms with van der Waals surface area (Å²) in [6.45, 7) is 4.00. The summed E-state index contributed by atoms with van der Waals surface area (Å²) in [6, 6.07) is 10.2. The second-order valence-electron chi connectivity index (χ2n) is 8.91. The first-order chi connectivity index (χ1) is 13.5. The predicted molar refractivity (Wildman–Crippen MR) is 105 cm³/mol. The van der Waals surface area contributed by atoms with Crippen molar-refractivity contribution < 1.29 is 14.6 Å². The Hall–Kier alpha value is -2.10. The molecule has 2 saturated carbocycles. The number of nitriles is 1. The first kappa shape index (κ1) is 19.2. The Morgan fingerprint density at radius 3 is 2.57 bits per heavy atom. The molecule has 0 spiro atoms. The van der Waals surface area contributed by atoms with Crippen LogP contribution in [-0.2, 0) is 4.79 Å². The first-order valence-electron chi connectivity index (χ1n) is 10.4. The summed E-state index contributed by atoms with van der Waals surface area (Å²) in [6.07, 6.45) is 6.08. The molecule has 28 heavy (non-hydrogen) atoms. The number of ether oxygens (including phenoxy) is 1. The number of nitrogens with one attached hydrogen (secondary N) is 1. The van der Waals surface area contributed by atoms with Crippen LogP contribution in [0.4, 0.5) is 0 Å². The Balaban J connectivity index is 1.38. The van der Waals surface area contributed by atoms with Gasteiger partial charge in [-0.3, -0.25) is 4.79 Å². The van der Waals surface area contributed by atoms with Crippen LogP contribution in [0.15, 0.2) is 24.3 Å². The summed E-state index contributed by atoms with van der Waals surface area (Å²) >= 11 is 0. The third kappa shape index (κ3) is 4.31. The van der Waals surface area contributed by atoms with E-state index in [2.05, 4.69) is 16.3 Å². The van der Waals surface area contributed by atoms with Gasteiger partial charge in [0.05, 0.1) is 17.6 Å². The van der Waals surface area contributed by atoms with Crippen LogP contribution in [0.1, 0.15) is 44.1 Å². The van der Waals surface area contributed by atoms with Gasteiger partial charge in [0.25, 0.3) is 0 Å². The van der Waals surface area contributed by atoms with Gasteiger partial charge in [-0.25, -0.2) is 0 Å². The van der Waals surface area contributed by atoms with E-state index in [1.807, 2.05) is 18.2 Å². The Morgan fingerprint density at radius 2 is 1.96 bits per heavy atom. The highest BCUT2D eigenvalue weighted by Gasteiger charge is 2.51. The number of hydrogen-bond acceptors (Lipinski definition) is 5. The Bertz CT molecular complexity index is 757. The molecule has 0 atom stereocenters. The lowest BCUT2D eigenvalue weighted by atomic mass is 9.78. The van der Waals surface area contributed by atoms with Crippen LogP contribution in [0, 0.1) is 22.2 Å². The highest BCUT2D eigenvalue weighted by molar-refractivity contribution is 5.78. The summed E-state index contributed by atoms with van der Waals surface area (Å²) in [5.74, 6) is 0.0113. The minimum atomic E-state index is -0.642. The zero-order valence-corrected chi connectivity index (χ0v) is 16.3. The molecule has 3 fully saturated rings. The summed E-state index contributed by atoms with van der Waals surface area (Å²) < 4.78 is 6.14. The fourth-order valence-electron chi connectivity index (χ4n) is 4.14. The zero-order chi connectivity index (χ0) is 19.6. The summed E-state index contributed by atoms with van der Waals surface area (Å²) in [7, 11) is 0. The van der Waals surface area contributed by atoms with Crippen molar-refractivity contribution in [3.63, 3.8) is 0 Å². The maximum absolute atomic E-state index is 11.5. The fourth-order valence-corrected chi connectivity index (χ4v) is 4.14. The average Bonchev–Trinajstić information content (AvgIpc) is 3.62. The van der Waals surface area contributed by atoms with Crippen LogP contribution in [-0.4, -0.2) is 54.8 Å². The van der Waals surface area contributed by atoms with Gasteiger partial charge in [0.2, 0.25) is 0 Å². The van der Waals surface area contributed by atoms with Gasteiger partial charge in [0.1, 0.15) is 11.8 Å². The van der Waals surface area contributed by atoms with Crippen LogP contribution in [0.2, 0.25) is 0 Å². The van der Waals surface area contributed by atoms with Gasteiger partial charge < -0.3 is 20.1 Å². The molecule has 1 aromatic rings. The van der Waals surface area contributed by atoms with E-state index < -0.39 is 11.4 Å². The Labute approximate surface area is 166 Å². The van der Waals surface area contributed by atoms with E-state index in [1.54, 1.807) is 6.07 Å². The quantitative estimate of drug-likeness (QED) is 0.682. The summed E-state index contributed by atoms with van der Waals surface area (Å²) in [5.41, 5.74) is 0.109. The normalized spacial score (nSPS) is 23.0. The smallest absolute Gasteiger partial charge is 0.310 e. The molecule has 4 rings (SSSR count). The molecule has 150 valence electrons. The molecule has 2 N–H and O–H groups in total. The minimum Gasteiger partial charge on any atom is -0.492 e. The second-order valence-corrected chi connectivity index (χ2v) is 8.91. The van der Waals surface area contributed by atoms with Gasteiger partial charge in [0.15, 0.2) is 0 Å². The molecule has 0 radical (unpaired) electrons. The maximum atomic E-state index is 11.5. The van der Waals surface area contributed by atoms with Crippen molar-refractivity contribution in [3.05, 3.63) is 29.8 Å². The third-order valence-electron chi connectivity index (χ3n) is 6.63. The standard InChI is InChI=1S/C22H29N3O3/c23-13-17-3-1-2-4-19(17)28-16-21(14-24-18-5-6-18)9-11-25(12-10-21)15-22(7-8-22)20(26)27/h1-4,18,24H,5-12,14-16H2,(H,26,27). The SMILES string of the molecule is N#Cc1ccccc1OCC1(CNC2CC2)CCN(CC2(C(=O)O)CC2)CC1. The minimum absolute atomic E-state index is 0.0294. The molecular formula is C22H29N3O3. The first-order valence-corrected chi connectivity index (χ1v) is 10.4. The monoisotopic (exact) mass is 383 g/mol. The van der Waals surface area contributed by atoms with E-state index in [9.17, 15) is 15.2 Å². The topological polar surface area (TPSA) is 85.6 Å². The van der Waals surface area contributed by atoms with Crippen molar-refractivity contribution in [1.29, 1.82) is 5.26 Å². The zero-order valence-electron chi connectivity index (χ0n) is 16.3. The summed E-state index contributed by atoms with van der Waals surface area (Å²) in [4.78, 5) is 13.8. The molecule has 2 aliphatic carbocycles. The van der Waals surface area contributed by atoms with Gasteiger partial charge in [-0.15, -0.1) is 0 Å². The van der Waals surface area contributed by atoms with E-state index in [0.717, 1.165) is 45.3 Å². The van der Waals surface area contributed by atoms with Gasteiger partial charge in [-0.2, -0.15) is 5.26 Å². The fraction of sp³-hybridized carbons (Fsp3) is 0.636. The molecule has 1 heterocycles. The van der Waals surface area contributed by atoms with Crippen LogP contribution >= 0.6 is 0 Å². The van der Waals surface area contributed by atoms with Gasteiger partial charge >= 0.3 is 5.97 Å². The number of likely N-dealkylation sites (tertiary alicyclic amines) is 1. The lowest BCUT2D eigenvalue weighted by Crippen LogP contribution is -2.50. The molecule has 0 amide bonds. The van der Waals surface area contributed by atoms with Gasteiger partial charge in [-0.1, -0.05) is 12.1 Å². The molecule has 6 nitrogen and oxygen atoms in total.